The highest BCUT2D eigenvalue weighted by Gasteiger charge is 2.18. The van der Waals surface area contributed by atoms with Crippen LogP contribution in [-0.2, 0) is 0 Å². The molecule has 0 aromatic carbocycles. The zero-order chi connectivity index (χ0) is 7.40. The van der Waals surface area contributed by atoms with Gasteiger partial charge in [-0.3, -0.25) is 5.84 Å². The van der Waals surface area contributed by atoms with E-state index in [-0.39, 0.29) is 0 Å². The zero-order valence-corrected chi connectivity index (χ0v) is 6.64. The first-order chi connectivity index (χ1) is 4.83. The van der Waals surface area contributed by atoms with Gasteiger partial charge in [0.2, 0.25) is 0 Å². The third kappa shape index (κ3) is 2.25. The van der Waals surface area contributed by atoms with Gasteiger partial charge in [0.05, 0.1) is 0 Å². The van der Waals surface area contributed by atoms with Gasteiger partial charge in [-0.2, -0.15) is 0 Å². The largest absolute Gasteiger partial charge is 0.313 e. The van der Waals surface area contributed by atoms with Crippen LogP contribution < -0.4 is 11.2 Å². The smallest absolute Gasteiger partial charge is 0.0283 e. The molecule has 60 valence electrons. The molecule has 0 amide bonds. The van der Waals surface area contributed by atoms with Crippen LogP contribution in [0.15, 0.2) is 0 Å². The maximum Gasteiger partial charge on any atom is 0.0283 e. The van der Waals surface area contributed by atoms with Gasteiger partial charge < -0.3 is 5.32 Å². The van der Waals surface area contributed by atoms with Crippen LogP contribution in [0.2, 0.25) is 0 Å². The topological polar surface area (TPSA) is 41.3 Å². The SMILES string of the molecule is CCCNC1CCN(N)C1. The summed E-state index contributed by atoms with van der Waals surface area (Å²) in [5.74, 6) is 5.59. The van der Waals surface area contributed by atoms with Crippen molar-refractivity contribution >= 4 is 0 Å². The van der Waals surface area contributed by atoms with Crippen molar-refractivity contribution < 1.29 is 0 Å². The molecule has 1 rings (SSSR count). The summed E-state index contributed by atoms with van der Waals surface area (Å²) in [6.45, 7) is 5.36. The van der Waals surface area contributed by atoms with Crippen LogP contribution in [0.3, 0.4) is 0 Å². The Kier molecular flexibility index (Phi) is 3.12. The standard InChI is InChI=1S/C7H17N3/c1-2-4-9-7-3-5-10(8)6-7/h7,9H,2-6,8H2,1H3. The minimum Gasteiger partial charge on any atom is -0.313 e. The molecule has 3 heteroatoms. The number of hydrogen-bond donors (Lipinski definition) is 2. The molecule has 1 atom stereocenters. The molecule has 1 fully saturated rings. The van der Waals surface area contributed by atoms with Crippen molar-refractivity contribution in [1.29, 1.82) is 0 Å². The van der Waals surface area contributed by atoms with E-state index in [0.29, 0.717) is 6.04 Å². The van der Waals surface area contributed by atoms with Crippen LogP contribution in [0.1, 0.15) is 19.8 Å². The van der Waals surface area contributed by atoms with Crippen LogP contribution in [0.4, 0.5) is 0 Å². The third-order valence-electron chi connectivity index (χ3n) is 1.90. The molecule has 0 spiro atoms. The number of nitrogens with zero attached hydrogens (tertiary/aromatic N) is 1. The van der Waals surface area contributed by atoms with E-state index < -0.39 is 0 Å². The van der Waals surface area contributed by atoms with Crippen LogP contribution >= 0.6 is 0 Å². The second-order valence-corrected chi connectivity index (χ2v) is 2.93. The van der Waals surface area contributed by atoms with Crippen LogP contribution in [0.25, 0.3) is 0 Å². The lowest BCUT2D eigenvalue weighted by Gasteiger charge is -2.10. The van der Waals surface area contributed by atoms with Gasteiger partial charge in [-0.15, -0.1) is 0 Å². The first kappa shape index (κ1) is 7.98. The van der Waals surface area contributed by atoms with E-state index in [4.69, 9.17) is 5.84 Å². The molecule has 0 bridgehead atoms. The zero-order valence-electron chi connectivity index (χ0n) is 6.64. The maximum absolute atomic E-state index is 5.59. The van der Waals surface area contributed by atoms with Crippen molar-refractivity contribution in [3.05, 3.63) is 0 Å². The fourth-order valence-corrected chi connectivity index (χ4v) is 1.30. The van der Waals surface area contributed by atoms with E-state index in [2.05, 4.69) is 12.2 Å². The quantitative estimate of drug-likeness (QED) is 0.544. The first-order valence-electron chi connectivity index (χ1n) is 4.06. The Morgan fingerprint density at radius 1 is 1.70 bits per heavy atom. The molecule has 0 aromatic rings. The molecule has 1 aliphatic rings. The lowest BCUT2D eigenvalue weighted by molar-refractivity contribution is 0.342. The predicted molar refractivity (Wildman–Crippen MR) is 42.5 cm³/mol. The molecular formula is C7H17N3. The lowest BCUT2D eigenvalue weighted by atomic mass is 10.2. The van der Waals surface area contributed by atoms with Crippen molar-refractivity contribution in [2.45, 2.75) is 25.8 Å². The van der Waals surface area contributed by atoms with E-state index in [1.165, 1.54) is 12.8 Å². The molecule has 1 aliphatic heterocycles. The molecule has 0 aliphatic carbocycles. The molecule has 3 N–H and O–H groups in total. The summed E-state index contributed by atoms with van der Waals surface area (Å²) in [6, 6.07) is 0.643. The monoisotopic (exact) mass is 143 g/mol. The third-order valence-corrected chi connectivity index (χ3v) is 1.90. The highest BCUT2D eigenvalue weighted by atomic mass is 15.4. The Balaban J connectivity index is 2.06. The second kappa shape index (κ2) is 3.91. The van der Waals surface area contributed by atoms with E-state index in [9.17, 15) is 0 Å². The number of hydrogen-bond acceptors (Lipinski definition) is 3. The molecule has 1 unspecified atom stereocenters. The Labute approximate surface area is 62.5 Å². The van der Waals surface area contributed by atoms with E-state index >= 15 is 0 Å². The minimum atomic E-state index is 0.643. The molecule has 1 heterocycles. The molecule has 10 heavy (non-hydrogen) atoms. The van der Waals surface area contributed by atoms with Crippen LogP contribution in [-0.4, -0.2) is 30.7 Å². The summed E-state index contributed by atoms with van der Waals surface area (Å²) in [5.41, 5.74) is 0. The molecule has 0 radical (unpaired) electrons. The Morgan fingerprint density at radius 2 is 2.50 bits per heavy atom. The molecule has 3 nitrogen and oxygen atoms in total. The maximum atomic E-state index is 5.59. The van der Waals surface area contributed by atoms with Gasteiger partial charge in [0.1, 0.15) is 0 Å². The normalized spacial score (nSPS) is 27.6. The Bertz CT molecular complexity index is 94.9. The number of nitrogens with one attached hydrogen (secondary N) is 1. The summed E-state index contributed by atoms with van der Waals surface area (Å²) < 4.78 is 0. The second-order valence-electron chi connectivity index (χ2n) is 2.93. The van der Waals surface area contributed by atoms with E-state index in [1.807, 2.05) is 5.01 Å². The van der Waals surface area contributed by atoms with Gasteiger partial charge in [0, 0.05) is 19.1 Å². The van der Waals surface area contributed by atoms with E-state index in [1.54, 1.807) is 0 Å². The molecular weight excluding hydrogens is 126 g/mol. The van der Waals surface area contributed by atoms with Gasteiger partial charge in [-0.1, -0.05) is 6.92 Å². The summed E-state index contributed by atoms with van der Waals surface area (Å²) in [7, 11) is 0. The number of rotatable bonds is 3. The average molecular weight is 143 g/mol. The van der Waals surface area contributed by atoms with Crippen molar-refractivity contribution in [3.63, 3.8) is 0 Å². The van der Waals surface area contributed by atoms with E-state index in [0.717, 1.165) is 19.6 Å². The summed E-state index contributed by atoms with van der Waals surface area (Å²) >= 11 is 0. The van der Waals surface area contributed by atoms with Crippen molar-refractivity contribution in [2.24, 2.45) is 5.84 Å². The summed E-state index contributed by atoms with van der Waals surface area (Å²) in [6.07, 6.45) is 2.41. The molecule has 0 aromatic heterocycles. The number of nitrogens with two attached hydrogens (primary N) is 1. The first-order valence-corrected chi connectivity index (χ1v) is 4.06. The van der Waals surface area contributed by atoms with Crippen LogP contribution in [0, 0.1) is 0 Å². The fraction of sp³-hybridized carbons (Fsp3) is 1.00. The van der Waals surface area contributed by atoms with Crippen molar-refractivity contribution in [2.75, 3.05) is 19.6 Å². The average Bonchev–Trinajstić information content (AvgIpc) is 2.31. The summed E-state index contributed by atoms with van der Waals surface area (Å²) in [4.78, 5) is 0. The predicted octanol–water partition coefficient (Wildman–Crippen LogP) is -0.0660. The highest BCUT2D eigenvalue weighted by Crippen LogP contribution is 2.03. The molecule has 1 saturated heterocycles. The van der Waals surface area contributed by atoms with Gasteiger partial charge in [-0.25, -0.2) is 5.01 Å². The van der Waals surface area contributed by atoms with Crippen molar-refractivity contribution in [1.82, 2.24) is 10.3 Å². The van der Waals surface area contributed by atoms with Gasteiger partial charge in [0.25, 0.3) is 0 Å². The van der Waals surface area contributed by atoms with Gasteiger partial charge in [-0.05, 0) is 19.4 Å². The Hall–Kier alpha value is -0.120. The highest BCUT2D eigenvalue weighted by molar-refractivity contribution is 4.77. The minimum absolute atomic E-state index is 0.643. The summed E-state index contributed by atoms with van der Waals surface area (Å²) in [5, 5.41) is 5.32. The van der Waals surface area contributed by atoms with Crippen LogP contribution in [0.5, 0.6) is 0 Å². The lowest BCUT2D eigenvalue weighted by Crippen LogP contribution is -2.35. The number of hydrazine groups is 1. The Morgan fingerprint density at radius 3 is 3.00 bits per heavy atom. The van der Waals surface area contributed by atoms with Gasteiger partial charge >= 0.3 is 0 Å². The molecule has 0 saturated carbocycles. The van der Waals surface area contributed by atoms with Gasteiger partial charge in [0.15, 0.2) is 0 Å². The fourth-order valence-electron chi connectivity index (χ4n) is 1.30. The van der Waals surface area contributed by atoms with Crippen molar-refractivity contribution in [3.8, 4) is 0 Å².